The van der Waals surface area contributed by atoms with Crippen LogP contribution in [0.15, 0.2) is 12.1 Å². The van der Waals surface area contributed by atoms with E-state index in [4.69, 9.17) is 18.0 Å². The third-order valence-corrected chi connectivity index (χ3v) is 3.79. The number of benzene rings is 1. The predicted molar refractivity (Wildman–Crippen MR) is 82.6 cm³/mol. The number of β-amino-alcohol motifs (C(OH)–C–C–N with tert-alkyl or cyclic N) is 1. The van der Waals surface area contributed by atoms with Crippen LogP contribution in [-0.4, -0.2) is 54.3 Å². The summed E-state index contributed by atoms with van der Waals surface area (Å²) in [5.41, 5.74) is 5.44. The number of rotatable bonds is 4. The van der Waals surface area contributed by atoms with Crippen molar-refractivity contribution in [2.45, 2.75) is 18.6 Å². The highest BCUT2D eigenvalue weighted by atomic mass is 32.1. The molecular formula is C14H19F2N3OS. The monoisotopic (exact) mass is 315 g/mol. The Bertz CT molecular complexity index is 530. The molecule has 1 aliphatic heterocycles. The minimum absolute atomic E-state index is 0.0503. The van der Waals surface area contributed by atoms with E-state index in [0.29, 0.717) is 13.0 Å². The van der Waals surface area contributed by atoms with Gasteiger partial charge < -0.3 is 20.6 Å². The Morgan fingerprint density at radius 1 is 1.43 bits per heavy atom. The molecule has 0 amide bonds. The maximum Gasteiger partial charge on any atom is 0.150 e. The minimum atomic E-state index is -0.712. The molecule has 0 radical (unpaired) electrons. The summed E-state index contributed by atoms with van der Waals surface area (Å²) in [6.45, 7) is 0.811. The summed E-state index contributed by atoms with van der Waals surface area (Å²) >= 11 is 4.74. The van der Waals surface area contributed by atoms with E-state index in [-0.39, 0.29) is 28.8 Å². The minimum Gasteiger partial charge on any atom is -0.391 e. The number of aliphatic hydroxyl groups is 1. The lowest BCUT2D eigenvalue weighted by Gasteiger charge is -2.29. The second kappa shape index (κ2) is 6.21. The zero-order valence-electron chi connectivity index (χ0n) is 12.0. The third kappa shape index (κ3) is 3.48. The number of thiocarbonyl (C=S) groups is 1. The van der Waals surface area contributed by atoms with Crippen molar-refractivity contribution in [2.24, 2.45) is 5.73 Å². The Morgan fingerprint density at radius 3 is 2.48 bits per heavy atom. The van der Waals surface area contributed by atoms with Crippen molar-refractivity contribution in [3.05, 3.63) is 29.3 Å². The Hall–Kier alpha value is -1.31. The number of likely N-dealkylation sites (N-methyl/N-ethyl adjacent to an activating group) is 1. The molecule has 1 fully saturated rings. The Balaban J connectivity index is 2.38. The van der Waals surface area contributed by atoms with Crippen molar-refractivity contribution in [3.8, 4) is 0 Å². The Kier molecular flexibility index (Phi) is 4.75. The Labute approximate surface area is 128 Å². The van der Waals surface area contributed by atoms with E-state index < -0.39 is 17.7 Å². The number of aliphatic hydroxyl groups excluding tert-OH is 1. The maximum absolute atomic E-state index is 14.3. The number of halogens is 2. The van der Waals surface area contributed by atoms with Gasteiger partial charge in [0.25, 0.3) is 0 Å². The summed E-state index contributed by atoms with van der Waals surface area (Å²) in [6, 6.07) is 2.13. The molecule has 116 valence electrons. The van der Waals surface area contributed by atoms with E-state index in [0.717, 1.165) is 12.1 Å². The van der Waals surface area contributed by atoms with Gasteiger partial charge >= 0.3 is 0 Å². The van der Waals surface area contributed by atoms with Gasteiger partial charge in [0.05, 0.1) is 6.10 Å². The summed E-state index contributed by atoms with van der Waals surface area (Å²) in [7, 11) is 3.76. The fraction of sp³-hybridized carbons (Fsp3) is 0.500. The fourth-order valence-corrected chi connectivity index (χ4v) is 2.86. The van der Waals surface area contributed by atoms with Gasteiger partial charge in [-0.15, -0.1) is 0 Å². The highest BCUT2D eigenvalue weighted by molar-refractivity contribution is 7.80. The van der Waals surface area contributed by atoms with Crippen molar-refractivity contribution in [2.75, 3.05) is 32.1 Å². The van der Waals surface area contributed by atoms with Crippen LogP contribution in [0.3, 0.4) is 0 Å². The zero-order valence-corrected chi connectivity index (χ0v) is 12.8. The number of hydrogen-bond acceptors (Lipinski definition) is 4. The first-order valence-corrected chi connectivity index (χ1v) is 7.08. The van der Waals surface area contributed by atoms with Gasteiger partial charge in [0, 0.05) is 24.7 Å². The lowest BCUT2D eigenvalue weighted by Crippen LogP contribution is -2.38. The van der Waals surface area contributed by atoms with Crippen LogP contribution >= 0.6 is 12.2 Å². The zero-order chi connectivity index (χ0) is 15.7. The van der Waals surface area contributed by atoms with Gasteiger partial charge in [-0.3, -0.25) is 0 Å². The molecule has 2 atom stereocenters. The highest BCUT2D eigenvalue weighted by Crippen LogP contribution is 2.31. The number of nitrogens with two attached hydrogens (primary N) is 1. The van der Waals surface area contributed by atoms with Crippen LogP contribution in [0.4, 0.5) is 14.5 Å². The molecule has 1 heterocycles. The quantitative estimate of drug-likeness (QED) is 0.815. The smallest absolute Gasteiger partial charge is 0.150 e. The average molecular weight is 315 g/mol. The van der Waals surface area contributed by atoms with Crippen molar-refractivity contribution in [1.29, 1.82) is 0 Å². The molecule has 1 aromatic carbocycles. The van der Waals surface area contributed by atoms with Crippen LogP contribution in [0.25, 0.3) is 0 Å². The van der Waals surface area contributed by atoms with E-state index in [1.165, 1.54) is 0 Å². The van der Waals surface area contributed by atoms with Crippen molar-refractivity contribution in [3.63, 3.8) is 0 Å². The summed E-state index contributed by atoms with van der Waals surface area (Å²) in [5.74, 6) is -1.42. The third-order valence-electron chi connectivity index (χ3n) is 3.56. The average Bonchev–Trinajstić information content (AvgIpc) is 2.68. The number of anilines is 1. The normalized spacial score (nSPS) is 22.1. The molecule has 2 unspecified atom stereocenters. The van der Waals surface area contributed by atoms with Crippen molar-refractivity contribution in [1.82, 2.24) is 4.90 Å². The molecule has 0 aromatic heterocycles. The molecule has 21 heavy (non-hydrogen) atoms. The molecule has 3 N–H and O–H groups in total. The number of hydrogen-bond donors (Lipinski definition) is 2. The molecular weight excluding hydrogens is 296 g/mol. The summed E-state index contributed by atoms with van der Waals surface area (Å²) in [6.07, 6.45) is -0.113. The van der Waals surface area contributed by atoms with Gasteiger partial charge in [-0.1, -0.05) is 12.2 Å². The largest absolute Gasteiger partial charge is 0.391 e. The van der Waals surface area contributed by atoms with Gasteiger partial charge in [0.1, 0.15) is 22.3 Å². The van der Waals surface area contributed by atoms with Gasteiger partial charge in [-0.05, 0) is 32.6 Å². The van der Waals surface area contributed by atoms with Crippen LogP contribution in [-0.2, 0) is 0 Å². The first-order chi connectivity index (χ1) is 9.79. The van der Waals surface area contributed by atoms with Crippen LogP contribution in [0.5, 0.6) is 0 Å². The summed E-state index contributed by atoms with van der Waals surface area (Å²) in [5, 5.41) is 9.82. The SMILES string of the molecule is CN(C)CC1CC(O)CN1c1c(F)cc(C(N)=S)cc1F. The van der Waals surface area contributed by atoms with Crippen LogP contribution in [0.1, 0.15) is 12.0 Å². The lowest BCUT2D eigenvalue weighted by atomic mass is 10.1. The molecule has 0 spiro atoms. The van der Waals surface area contributed by atoms with E-state index in [2.05, 4.69) is 0 Å². The second-order valence-corrected chi connectivity index (χ2v) is 6.05. The van der Waals surface area contributed by atoms with E-state index >= 15 is 0 Å². The predicted octanol–water partition coefficient (Wildman–Crippen LogP) is 1.10. The number of nitrogens with zero attached hydrogens (tertiary/aromatic N) is 2. The van der Waals surface area contributed by atoms with Gasteiger partial charge in [-0.2, -0.15) is 0 Å². The Morgan fingerprint density at radius 2 is 2.00 bits per heavy atom. The first kappa shape index (κ1) is 16.1. The summed E-state index contributed by atoms with van der Waals surface area (Å²) < 4.78 is 28.5. The maximum atomic E-state index is 14.3. The first-order valence-electron chi connectivity index (χ1n) is 6.68. The van der Waals surface area contributed by atoms with E-state index in [1.54, 1.807) is 4.90 Å². The molecule has 0 saturated carbocycles. The van der Waals surface area contributed by atoms with Crippen LogP contribution in [0, 0.1) is 11.6 Å². The fourth-order valence-electron chi connectivity index (χ4n) is 2.74. The van der Waals surface area contributed by atoms with E-state index in [1.807, 2.05) is 19.0 Å². The lowest BCUT2D eigenvalue weighted by molar-refractivity contribution is 0.191. The molecule has 4 nitrogen and oxygen atoms in total. The molecule has 1 saturated heterocycles. The van der Waals surface area contributed by atoms with Crippen LogP contribution in [0.2, 0.25) is 0 Å². The molecule has 7 heteroatoms. The van der Waals surface area contributed by atoms with Crippen LogP contribution < -0.4 is 10.6 Å². The standard InChI is InChI=1S/C14H19F2N3OS/c1-18(2)6-9-5-10(20)7-19(9)13-11(15)3-8(14(17)21)4-12(13)16/h3-4,9-10,20H,5-7H2,1-2H3,(H2,17,21). The van der Waals surface area contributed by atoms with Gasteiger partial charge in [-0.25, -0.2) is 8.78 Å². The molecule has 0 aliphatic carbocycles. The van der Waals surface area contributed by atoms with Gasteiger partial charge in [0.15, 0.2) is 0 Å². The molecule has 1 aliphatic rings. The molecule has 1 aromatic rings. The van der Waals surface area contributed by atoms with Crippen molar-refractivity contribution >= 4 is 22.9 Å². The highest BCUT2D eigenvalue weighted by Gasteiger charge is 2.34. The van der Waals surface area contributed by atoms with Crippen molar-refractivity contribution < 1.29 is 13.9 Å². The molecule has 2 rings (SSSR count). The van der Waals surface area contributed by atoms with E-state index in [9.17, 15) is 13.9 Å². The second-order valence-electron chi connectivity index (χ2n) is 5.61. The summed E-state index contributed by atoms with van der Waals surface area (Å²) in [4.78, 5) is 3.46. The molecule has 0 bridgehead atoms. The topological polar surface area (TPSA) is 52.7 Å². The van der Waals surface area contributed by atoms with Gasteiger partial charge in [0.2, 0.25) is 0 Å².